The molecule has 84 valence electrons. The summed E-state index contributed by atoms with van der Waals surface area (Å²) in [5.74, 6) is -0.713. The number of alkyl halides is 4. The summed E-state index contributed by atoms with van der Waals surface area (Å²) in [4.78, 5) is 0. The van der Waals surface area contributed by atoms with Crippen LogP contribution in [-0.4, -0.2) is 31.8 Å². The van der Waals surface area contributed by atoms with Crippen LogP contribution in [0.4, 0.5) is 13.2 Å². The molecule has 0 spiro atoms. The largest absolute Gasteiger partial charge is 0.407 e. The Balaban J connectivity index is 2.70. The standard InChI is InChI=1S/C6H9ClF3NO2S/c7-3-4-14(12,13)11-5(1-2-5)6(8,9)10/h11H,1-4H2. The fraction of sp³-hybridized carbons (Fsp3) is 1.00. The van der Waals surface area contributed by atoms with Gasteiger partial charge in [-0.2, -0.15) is 17.9 Å². The highest BCUT2D eigenvalue weighted by Crippen LogP contribution is 2.49. The molecule has 0 saturated heterocycles. The predicted molar refractivity (Wildman–Crippen MR) is 45.7 cm³/mol. The minimum Gasteiger partial charge on any atom is -0.212 e. The van der Waals surface area contributed by atoms with Crippen molar-refractivity contribution in [3.05, 3.63) is 0 Å². The quantitative estimate of drug-likeness (QED) is 0.764. The second kappa shape index (κ2) is 3.53. The van der Waals surface area contributed by atoms with Gasteiger partial charge in [0, 0.05) is 5.88 Å². The Hall–Kier alpha value is -0.0100. The van der Waals surface area contributed by atoms with Crippen LogP contribution in [0.5, 0.6) is 0 Å². The number of sulfonamides is 1. The summed E-state index contributed by atoms with van der Waals surface area (Å²) in [6.07, 6.45) is -4.91. The summed E-state index contributed by atoms with van der Waals surface area (Å²) in [5.41, 5.74) is -2.22. The van der Waals surface area contributed by atoms with Gasteiger partial charge in [0.1, 0.15) is 5.54 Å². The molecule has 8 heteroatoms. The van der Waals surface area contributed by atoms with Gasteiger partial charge in [-0.3, -0.25) is 0 Å². The van der Waals surface area contributed by atoms with Crippen molar-refractivity contribution in [3.63, 3.8) is 0 Å². The Morgan fingerprint density at radius 2 is 1.86 bits per heavy atom. The van der Waals surface area contributed by atoms with Crippen molar-refractivity contribution in [3.8, 4) is 0 Å². The molecular formula is C6H9ClF3NO2S. The Bertz CT molecular complexity index is 310. The Labute approximate surface area is 84.7 Å². The zero-order chi connectivity index (χ0) is 11.0. The minimum absolute atomic E-state index is 0.196. The normalized spacial score (nSPS) is 20.9. The summed E-state index contributed by atoms with van der Waals surface area (Å²) in [6.45, 7) is 0. The molecule has 1 N–H and O–H groups in total. The van der Waals surface area contributed by atoms with Crippen molar-refractivity contribution < 1.29 is 21.6 Å². The van der Waals surface area contributed by atoms with E-state index in [1.807, 2.05) is 0 Å². The van der Waals surface area contributed by atoms with Crippen LogP contribution in [0.2, 0.25) is 0 Å². The van der Waals surface area contributed by atoms with E-state index in [0.29, 0.717) is 0 Å². The third-order valence-electron chi connectivity index (χ3n) is 1.99. The first-order valence-corrected chi connectivity index (χ1v) is 6.05. The lowest BCUT2D eigenvalue weighted by molar-refractivity contribution is -0.160. The average Bonchev–Trinajstić information content (AvgIpc) is 2.65. The van der Waals surface area contributed by atoms with Gasteiger partial charge in [-0.05, 0) is 12.8 Å². The van der Waals surface area contributed by atoms with E-state index in [9.17, 15) is 21.6 Å². The Kier molecular flexibility index (Phi) is 3.04. The molecule has 1 aliphatic rings. The van der Waals surface area contributed by atoms with E-state index in [1.165, 1.54) is 0 Å². The molecule has 1 saturated carbocycles. The molecule has 0 aromatic heterocycles. The molecule has 0 radical (unpaired) electrons. The van der Waals surface area contributed by atoms with Gasteiger partial charge < -0.3 is 0 Å². The van der Waals surface area contributed by atoms with Crippen molar-refractivity contribution in [2.75, 3.05) is 11.6 Å². The molecule has 0 atom stereocenters. The number of hydrogen-bond donors (Lipinski definition) is 1. The van der Waals surface area contributed by atoms with Crippen LogP contribution in [0.1, 0.15) is 12.8 Å². The van der Waals surface area contributed by atoms with Gasteiger partial charge in [0.2, 0.25) is 10.0 Å². The van der Waals surface area contributed by atoms with Crippen LogP contribution in [0.15, 0.2) is 0 Å². The van der Waals surface area contributed by atoms with Crippen molar-refractivity contribution in [2.24, 2.45) is 0 Å². The summed E-state index contributed by atoms with van der Waals surface area (Å²) in [6, 6.07) is 0. The molecule has 0 amide bonds. The van der Waals surface area contributed by atoms with Crippen molar-refractivity contribution in [1.82, 2.24) is 4.72 Å². The number of nitrogens with one attached hydrogen (secondary N) is 1. The molecule has 0 bridgehead atoms. The molecule has 0 aromatic carbocycles. The highest BCUT2D eigenvalue weighted by molar-refractivity contribution is 7.89. The lowest BCUT2D eigenvalue weighted by Gasteiger charge is -2.20. The zero-order valence-electron chi connectivity index (χ0n) is 7.07. The van der Waals surface area contributed by atoms with E-state index in [4.69, 9.17) is 11.6 Å². The van der Waals surface area contributed by atoms with Crippen LogP contribution in [0, 0.1) is 0 Å². The number of hydrogen-bond acceptors (Lipinski definition) is 2. The van der Waals surface area contributed by atoms with Gasteiger partial charge in [-0.1, -0.05) is 0 Å². The molecular weight excluding hydrogens is 243 g/mol. The molecule has 0 unspecified atom stereocenters. The zero-order valence-corrected chi connectivity index (χ0v) is 8.64. The molecule has 1 aliphatic carbocycles. The summed E-state index contributed by atoms with van der Waals surface area (Å²) < 4.78 is 60.6. The first kappa shape index (κ1) is 12.1. The van der Waals surface area contributed by atoms with Gasteiger partial charge in [0.05, 0.1) is 5.75 Å². The highest BCUT2D eigenvalue weighted by Gasteiger charge is 2.65. The van der Waals surface area contributed by atoms with E-state index in [-0.39, 0.29) is 18.7 Å². The van der Waals surface area contributed by atoms with Gasteiger partial charge in [-0.15, -0.1) is 11.6 Å². The lowest BCUT2D eigenvalue weighted by Crippen LogP contribution is -2.48. The second-order valence-corrected chi connectivity index (χ2v) is 5.41. The molecule has 14 heavy (non-hydrogen) atoms. The molecule has 1 rings (SSSR count). The molecule has 0 aliphatic heterocycles. The van der Waals surface area contributed by atoms with E-state index in [0.717, 1.165) is 0 Å². The fourth-order valence-electron chi connectivity index (χ4n) is 1.02. The molecule has 0 heterocycles. The SMILES string of the molecule is O=S(=O)(CCCl)NC1(C(F)(F)F)CC1. The first-order chi connectivity index (χ1) is 6.22. The summed E-state index contributed by atoms with van der Waals surface area (Å²) >= 11 is 5.15. The van der Waals surface area contributed by atoms with Crippen LogP contribution < -0.4 is 4.72 Å². The van der Waals surface area contributed by atoms with Gasteiger partial charge in [0.25, 0.3) is 0 Å². The van der Waals surface area contributed by atoms with Gasteiger partial charge in [-0.25, -0.2) is 8.42 Å². The number of rotatable bonds is 4. The molecule has 1 fully saturated rings. The fourth-order valence-corrected chi connectivity index (χ4v) is 2.85. The average molecular weight is 252 g/mol. The van der Waals surface area contributed by atoms with Crippen LogP contribution >= 0.6 is 11.6 Å². The topological polar surface area (TPSA) is 46.2 Å². The monoisotopic (exact) mass is 251 g/mol. The Morgan fingerprint density at radius 3 is 2.14 bits per heavy atom. The molecule has 0 aromatic rings. The van der Waals surface area contributed by atoms with Crippen LogP contribution in [0.25, 0.3) is 0 Å². The van der Waals surface area contributed by atoms with E-state index >= 15 is 0 Å². The van der Waals surface area contributed by atoms with E-state index in [1.54, 1.807) is 4.72 Å². The maximum atomic E-state index is 12.3. The minimum atomic E-state index is -4.52. The maximum absolute atomic E-state index is 12.3. The lowest BCUT2D eigenvalue weighted by atomic mass is 10.3. The van der Waals surface area contributed by atoms with Gasteiger partial charge in [0.15, 0.2) is 0 Å². The van der Waals surface area contributed by atoms with Crippen molar-refractivity contribution in [2.45, 2.75) is 24.6 Å². The van der Waals surface area contributed by atoms with Crippen molar-refractivity contribution in [1.29, 1.82) is 0 Å². The summed E-state index contributed by atoms with van der Waals surface area (Å²) in [7, 11) is -3.91. The third kappa shape index (κ3) is 2.52. The third-order valence-corrected chi connectivity index (χ3v) is 3.85. The Morgan fingerprint density at radius 1 is 1.36 bits per heavy atom. The summed E-state index contributed by atoms with van der Waals surface area (Å²) in [5, 5.41) is 0. The predicted octanol–water partition coefficient (Wildman–Crippen LogP) is 1.24. The molecule has 3 nitrogen and oxygen atoms in total. The van der Waals surface area contributed by atoms with Crippen molar-refractivity contribution >= 4 is 21.6 Å². The second-order valence-electron chi connectivity index (χ2n) is 3.19. The maximum Gasteiger partial charge on any atom is 0.407 e. The number of halogens is 4. The van der Waals surface area contributed by atoms with Crippen LogP contribution in [-0.2, 0) is 10.0 Å². The van der Waals surface area contributed by atoms with E-state index in [2.05, 4.69) is 0 Å². The van der Waals surface area contributed by atoms with Gasteiger partial charge >= 0.3 is 6.18 Å². The smallest absolute Gasteiger partial charge is 0.212 e. The van der Waals surface area contributed by atoms with E-state index < -0.39 is 27.5 Å². The highest BCUT2D eigenvalue weighted by atomic mass is 35.5. The first-order valence-electron chi connectivity index (χ1n) is 3.87. The van der Waals surface area contributed by atoms with Crippen LogP contribution in [0.3, 0.4) is 0 Å².